The van der Waals surface area contributed by atoms with Gasteiger partial charge in [-0.05, 0) is 50.2 Å². The standard InChI is InChI=1S/C14H16Br2S/c1-4-14(2,3)13(16)10-8-17-12-9(10)6-5-7-11(12)15/h5-8,13H,4H2,1-3H3. The summed E-state index contributed by atoms with van der Waals surface area (Å²) in [5.74, 6) is 0. The van der Waals surface area contributed by atoms with Gasteiger partial charge in [-0.25, -0.2) is 0 Å². The fourth-order valence-electron chi connectivity index (χ4n) is 1.84. The van der Waals surface area contributed by atoms with Gasteiger partial charge in [0.1, 0.15) is 0 Å². The van der Waals surface area contributed by atoms with Crippen LogP contribution in [-0.2, 0) is 0 Å². The molecule has 2 rings (SSSR count). The van der Waals surface area contributed by atoms with Gasteiger partial charge in [-0.1, -0.05) is 48.8 Å². The van der Waals surface area contributed by atoms with Crippen molar-refractivity contribution in [2.45, 2.75) is 32.0 Å². The van der Waals surface area contributed by atoms with Crippen LogP contribution in [0.1, 0.15) is 37.6 Å². The lowest BCUT2D eigenvalue weighted by atomic mass is 9.83. The molecule has 92 valence electrons. The first-order valence-corrected chi connectivity index (χ1v) is 8.36. The molecular formula is C14H16Br2S. The van der Waals surface area contributed by atoms with Crippen molar-refractivity contribution in [1.29, 1.82) is 0 Å². The Balaban J connectivity index is 2.54. The maximum atomic E-state index is 3.88. The number of thiophene rings is 1. The highest BCUT2D eigenvalue weighted by Gasteiger charge is 2.28. The molecule has 0 spiro atoms. The van der Waals surface area contributed by atoms with Crippen molar-refractivity contribution in [2.24, 2.45) is 5.41 Å². The highest BCUT2D eigenvalue weighted by atomic mass is 79.9. The molecule has 0 N–H and O–H groups in total. The fraction of sp³-hybridized carbons (Fsp3) is 0.429. The molecule has 1 heterocycles. The molecule has 2 aromatic rings. The molecule has 0 radical (unpaired) electrons. The monoisotopic (exact) mass is 374 g/mol. The predicted octanol–water partition coefficient (Wildman–Crippen LogP) is 6.54. The van der Waals surface area contributed by atoms with Crippen molar-refractivity contribution in [2.75, 3.05) is 0 Å². The van der Waals surface area contributed by atoms with Crippen LogP contribution in [-0.4, -0.2) is 0 Å². The first-order chi connectivity index (χ1) is 7.97. The molecule has 0 nitrogen and oxygen atoms in total. The third-order valence-corrected chi connectivity index (χ3v) is 7.16. The number of rotatable bonds is 3. The summed E-state index contributed by atoms with van der Waals surface area (Å²) in [6.07, 6.45) is 1.16. The summed E-state index contributed by atoms with van der Waals surface area (Å²) in [5.41, 5.74) is 1.69. The molecule has 1 atom stereocenters. The van der Waals surface area contributed by atoms with E-state index in [1.54, 1.807) is 0 Å². The molecule has 0 amide bonds. The lowest BCUT2D eigenvalue weighted by molar-refractivity contribution is 0.347. The molecule has 0 aliphatic heterocycles. The number of alkyl halides is 1. The third kappa shape index (κ3) is 2.47. The molecule has 1 unspecified atom stereocenters. The average molecular weight is 376 g/mol. The van der Waals surface area contributed by atoms with Gasteiger partial charge in [0.25, 0.3) is 0 Å². The Bertz CT molecular complexity index is 528. The smallest absolute Gasteiger partial charge is 0.0488 e. The summed E-state index contributed by atoms with van der Waals surface area (Å²) in [4.78, 5) is 0.406. The molecule has 3 heteroatoms. The van der Waals surface area contributed by atoms with Crippen LogP contribution in [0.2, 0.25) is 0 Å². The van der Waals surface area contributed by atoms with E-state index in [9.17, 15) is 0 Å². The molecular weight excluding hydrogens is 360 g/mol. The number of fused-ring (bicyclic) bond motifs is 1. The average Bonchev–Trinajstić information content (AvgIpc) is 2.73. The summed E-state index contributed by atoms with van der Waals surface area (Å²) in [6.45, 7) is 6.88. The maximum absolute atomic E-state index is 3.88. The van der Waals surface area contributed by atoms with Gasteiger partial charge in [-0.3, -0.25) is 0 Å². The van der Waals surface area contributed by atoms with Crippen molar-refractivity contribution >= 4 is 53.3 Å². The number of benzene rings is 1. The van der Waals surface area contributed by atoms with E-state index in [0.29, 0.717) is 4.83 Å². The minimum Gasteiger partial charge on any atom is -0.142 e. The Morgan fingerprint density at radius 1 is 1.35 bits per heavy atom. The molecule has 0 fully saturated rings. The molecule has 1 aromatic carbocycles. The molecule has 17 heavy (non-hydrogen) atoms. The van der Waals surface area contributed by atoms with E-state index in [4.69, 9.17) is 0 Å². The Hall–Kier alpha value is 0.140. The van der Waals surface area contributed by atoms with E-state index in [1.165, 1.54) is 20.1 Å². The highest BCUT2D eigenvalue weighted by molar-refractivity contribution is 9.10. The second kappa shape index (κ2) is 5.02. The minimum absolute atomic E-state index is 0.274. The van der Waals surface area contributed by atoms with Crippen molar-refractivity contribution in [3.63, 3.8) is 0 Å². The summed E-state index contributed by atoms with van der Waals surface area (Å²) in [7, 11) is 0. The van der Waals surface area contributed by atoms with Gasteiger partial charge in [0.2, 0.25) is 0 Å². The lowest BCUT2D eigenvalue weighted by Gasteiger charge is -2.29. The zero-order chi connectivity index (χ0) is 12.6. The lowest BCUT2D eigenvalue weighted by Crippen LogP contribution is -2.16. The van der Waals surface area contributed by atoms with Gasteiger partial charge in [-0.15, -0.1) is 11.3 Å². The van der Waals surface area contributed by atoms with Crippen LogP contribution in [0.3, 0.4) is 0 Å². The Morgan fingerprint density at radius 2 is 2.06 bits per heavy atom. The van der Waals surface area contributed by atoms with Crippen molar-refractivity contribution in [3.05, 3.63) is 33.6 Å². The van der Waals surface area contributed by atoms with Crippen LogP contribution in [0.25, 0.3) is 10.1 Å². The topological polar surface area (TPSA) is 0 Å². The van der Waals surface area contributed by atoms with Crippen molar-refractivity contribution in [3.8, 4) is 0 Å². The van der Waals surface area contributed by atoms with Crippen LogP contribution in [0, 0.1) is 5.41 Å². The van der Waals surface area contributed by atoms with E-state index in [2.05, 4.69) is 76.2 Å². The second-order valence-corrected chi connectivity index (χ2v) is 7.66. The molecule has 0 saturated heterocycles. The van der Waals surface area contributed by atoms with Crippen molar-refractivity contribution in [1.82, 2.24) is 0 Å². The largest absolute Gasteiger partial charge is 0.142 e. The van der Waals surface area contributed by atoms with E-state index in [0.717, 1.165) is 6.42 Å². The van der Waals surface area contributed by atoms with Crippen LogP contribution < -0.4 is 0 Å². The number of hydrogen-bond donors (Lipinski definition) is 0. The number of halogens is 2. The van der Waals surface area contributed by atoms with E-state index < -0.39 is 0 Å². The van der Waals surface area contributed by atoms with Gasteiger partial charge >= 0.3 is 0 Å². The molecule has 0 aliphatic rings. The first-order valence-electron chi connectivity index (χ1n) is 5.77. The van der Waals surface area contributed by atoms with Gasteiger partial charge in [0.05, 0.1) is 0 Å². The first kappa shape index (κ1) is 13.6. The van der Waals surface area contributed by atoms with E-state index in [1.807, 2.05) is 11.3 Å². The van der Waals surface area contributed by atoms with Crippen LogP contribution in [0.4, 0.5) is 0 Å². The summed E-state index contributed by atoms with van der Waals surface area (Å²) in [6, 6.07) is 6.43. The SMILES string of the molecule is CCC(C)(C)C(Br)c1csc2c(Br)cccc12. The van der Waals surface area contributed by atoms with Crippen LogP contribution in [0.15, 0.2) is 28.1 Å². The zero-order valence-electron chi connectivity index (χ0n) is 10.3. The van der Waals surface area contributed by atoms with Crippen LogP contribution >= 0.6 is 43.2 Å². The zero-order valence-corrected chi connectivity index (χ0v) is 14.2. The highest BCUT2D eigenvalue weighted by Crippen LogP contribution is 2.47. The fourth-order valence-corrected chi connectivity index (χ4v) is 4.36. The molecule has 0 aliphatic carbocycles. The number of hydrogen-bond acceptors (Lipinski definition) is 1. The maximum Gasteiger partial charge on any atom is 0.0488 e. The molecule has 1 aromatic heterocycles. The normalized spacial score (nSPS) is 14.2. The molecule has 0 saturated carbocycles. The van der Waals surface area contributed by atoms with Gasteiger partial charge in [-0.2, -0.15) is 0 Å². The minimum atomic E-state index is 0.274. The Labute approximate surface area is 124 Å². The molecule has 0 bridgehead atoms. The van der Waals surface area contributed by atoms with Gasteiger partial charge in [0.15, 0.2) is 0 Å². The van der Waals surface area contributed by atoms with Gasteiger partial charge < -0.3 is 0 Å². The summed E-state index contributed by atoms with van der Waals surface area (Å²) in [5, 5.41) is 3.65. The Morgan fingerprint density at radius 3 is 2.71 bits per heavy atom. The Kier molecular flexibility index (Phi) is 4.01. The quantitative estimate of drug-likeness (QED) is 0.534. The van der Waals surface area contributed by atoms with E-state index in [-0.39, 0.29) is 5.41 Å². The van der Waals surface area contributed by atoms with Crippen LogP contribution in [0.5, 0.6) is 0 Å². The van der Waals surface area contributed by atoms with E-state index >= 15 is 0 Å². The summed E-state index contributed by atoms with van der Waals surface area (Å²) >= 11 is 9.32. The van der Waals surface area contributed by atoms with Crippen molar-refractivity contribution < 1.29 is 0 Å². The predicted molar refractivity (Wildman–Crippen MR) is 85.3 cm³/mol. The van der Waals surface area contributed by atoms with Gasteiger partial charge in [0, 0.05) is 14.0 Å². The second-order valence-electron chi connectivity index (χ2n) is 5.01. The summed E-state index contributed by atoms with van der Waals surface area (Å²) < 4.78 is 2.54. The third-order valence-electron chi connectivity index (χ3n) is 3.45.